The number of nitrogens with one attached hydrogen (secondary N) is 1. The van der Waals surface area contributed by atoms with Crippen LogP contribution in [0.15, 0.2) is 11.6 Å². The molecule has 5 heteroatoms. The Kier molecular flexibility index (Phi) is 5.60. The first-order valence-electron chi connectivity index (χ1n) is 4.98. The zero-order chi connectivity index (χ0) is 11.3. The highest BCUT2D eigenvalue weighted by Crippen LogP contribution is 2.18. The van der Waals surface area contributed by atoms with E-state index >= 15 is 0 Å². The van der Waals surface area contributed by atoms with Crippen molar-refractivity contribution in [2.45, 2.75) is 31.2 Å². The van der Waals surface area contributed by atoms with Gasteiger partial charge in [0.25, 0.3) is 0 Å². The summed E-state index contributed by atoms with van der Waals surface area (Å²) in [6.45, 7) is 4.41. The summed E-state index contributed by atoms with van der Waals surface area (Å²) in [5.74, 6) is 0. The fourth-order valence-electron chi connectivity index (χ4n) is 1.46. The minimum absolute atomic E-state index is 0.208. The van der Waals surface area contributed by atoms with Gasteiger partial charge in [0.05, 0.1) is 12.6 Å². The zero-order valence-electron chi connectivity index (χ0n) is 9.30. The molecule has 1 aromatic heterocycles. The van der Waals surface area contributed by atoms with Crippen molar-refractivity contribution in [1.82, 2.24) is 10.3 Å². The average molecular weight is 246 g/mol. The van der Waals surface area contributed by atoms with Crippen LogP contribution in [0.1, 0.15) is 24.9 Å². The number of aromatic nitrogens is 1. The van der Waals surface area contributed by atoms with Crippen LogP contribution in [0.4, 0.5) is 0 Å². The maximum absolute atomic E-state index is 9.17. The summed E-state index contributed by atoms with van der Waals surface area (Å²) in [5, 5.41) is 15.9. The fraction of sp³-hybridized carbons (Fsp3) is 0.700. The van der Waals surface area contributed by atoms with Crippen molar-refractivity contribution in [3.05, 3.63) is 16.6 Å². The largest absolute Gasteiger partial charge is 0.395 e. The molecule has 0 saturated heterocycles. The van der Waals surface area contributed by atoms with Crippen molar-refractivity contribution in [3.8, 4) is 0 Å². The van der Waals surface area contributed by atoms with E-state index in [-0.39, 0.29) is 23.9 Å². The Morgan fingerprint density at radius 2 is 2.33 bits per heavy atom. The van der Waals surface area contributed by atoms with E-state index in [2.05, 4.69) is 24.1 Å². The lowest BCUT2D eigenvalue weighted by molar-refractivity contribution is 0.272. The summed E-state index contributed by atoms with van der Waals surface area (Å²) in [5.41, 5.74) is 0. The van der Waals surface area contributed by atoms with E-state index in [1.807, 2.05) is 17.8 Å². The standard InChI is InChI=1S/C10H18N2OS2/c1-7(9(6-13)14-3)12-8(2)10-11-4-5-15-10/h4-5,7-9,12-13H,6H2,1-3H3. The molecular formula is C10H18N2OS2. The van der Waals surface area contributed by atoms with E-state index in [4.69, 9.17) is 5.11 Å². The van der Waals surface area contributed by atoms with Gasteiger partial charge in [0.15, 0.2) is 0 Å². The fourth-order valence-corrected chi connectivity index (χ4v) is 2.75. The van der Waals surface area contributed by atoms with Gasteiger partial charge in [0.1, 0.15) is 5.01 Å². The van der Waals surface area contributed by atoms with E-state index in [1.54, 1.807) is 23.1 Å². The van der Waals surface area contributed by atoms with Gasteiger partial charge < -0.3 is 10.4 Å². The highest BCUT2D eigenvalue weighted by molar-refractivity contribution is 7.99. The van der Waals surface area contributed by atoms with Crippen molar-refractivity contribution < 1.29 is 5.11 Å². The second-order valence-corrected chi connectivity index (χ2v) is 5.51. The van der Waals surface area contributed by atoms with Gasteiger partial charge in [-0.25, -0.2) is 4.98 Å². The molecule has 0 aliphatic heterocycles. The third-order valence-corrected chi connectivity index (χ3v) is 4.50. The second-order valence-electron chi connectivity index (χ2n) is 3.50. The van der Waals surface area contributed by atoms with Crippen LogP contribution in [0.2, 0.25) is 0 Å². The Morgan fingerprint density at radius 1 is 1.60 bits per heavy atom. The first-order chi connectivity index (χ1) is 7.19. The van der Waals surface area contributed by atoms with E-state index in [0.29, 0.717) is 0 Å². The summed E-state index contributed by atoms with van der Waals surface area (Å²) in [6.07, 6.45) is 3.84. The van der Waals surface area contributed by atoms with Gasteiger partial charge in [-0.15, -0.1) is 11.3 Å². The van der Waals surface area contributed by atoms with Gasteiger partial charge in [-0.1, -0.05) is 0 Å². The Balaban J connectivity index is 2.47. The lowest BCUT2D eigenvalue weighted by Gasteiger charge is -2.24. The van der Waals surface area contributed by atoms with E-state index < -0.39 is 0 Å². The molecule has 86 valence electrons. The van der Waals surface area contributed by atoms with Crippen LogP contribution in [0.25, 0.3) is 0 Å². The summed E-state index contributed by atoms with van der Waals surface area (Å²) < 4.78 is 0. The molecule has 3 unspecified atom stereocenters. The number of rotatable bonds is 6. The third kappa shape index (κ3) is 3.75. The Hall–Kier alpha value is -0.100. The number of aliphatic hydroxyl groups is 1. The third-order valence-electron chi connectivity index (χ3n) is 2.38. The molecule has 1 aromatic rings. The molecule has 1 heterocycles. The topological polar surface area (TPSA) is 45.1 Å². The maximum Gasteiger partial charge on any atom is 0.109 e. The second kappa shape index (κ2) is 6.48. The van der Waals surface area contributed by atoms with Gasteiger partial charge in [-0.05, 0) is 20.1 Å². The quantitative estimate of drug-likeness (QED) is 0.805. The first-order valence-corrected chi connectivity index (χ1v) is 7.15. The Morgan fingerprint density at radius 3 is 2.80 bits per heavy atom. The minimum atomic E-state index is 0.208. The van der Waals surface area contributed by atoms with Crippen molar-refractivity contribution >= 4 is 23.1 Å². The molecule has 2 N–H and O–H groups in total. The molecule has 0 saturated carbocycles. The van der Waals surface area contributed by atoms with Crippen molar-refractivity contribution in [2.75, 3.05) is 12.9 Å². The highest BCUT2D eigenvalue weighted by atomic mass is 32.2. The number of thiazole rings is 1. The van der Waals surface area contributed by atoms with Gasteiger partial charge in [-0.3, -0.25) is 0 Å². The Labute approximate surface area is 99.3 Å². The molecule has 0 bridgehead atoms. The zero-order valence-corrected chi connectivity index (χ0v) is 10.9. The van der Waals surface area contributed by atoms with Crippen molar-refractivity contribution in [3.63, 3.8) is 0 Å². The summed E-state index contributed by atoms with van der Waals surface area (Å²) in [4.78, 5) is 4.27. The SMILES string of the molecule is CSC(CO)C(C)NC(C)c1nccs1. The predicted octanol–water partition coefficient (Wildman–Crippen LogP) is 1.91. The smallest absolute Gasteiger partial charge is 0.109 e. The molecule has 0 aromatic carbocycles. The normalized spacial score (nSPS) is 17.3. The van der Waals surface area contributed by atoms with Crippen molar-refractivity contribution in [1.29, 1.82) is 0 Å². The summed E-state index contributed by atoms with van der Waals surface area (Å²) >= 11 is 3.34. The van der Waals surface area contributed by atoms with Crippen LogP contribution < -0.4 is 5.32 Å². The Bertz CT molecular complexity index is 262. The lowest BCUT2D eigenvalue weighted by atomic mass is 10.2. The molecule has 1 rings (SSSR count). The molecule has 0 fully saturated rings. The minimum Gasteiger partial charge on any atom is -0.395 e. The molecule has 0 radical (unpaired) electrons. The van der Waals surface area contributed by atoms with Gasteiger partial charge in [-0.2, -0.15) is 11.8 Å². The van der Waals surface area contributed by atoms with Crippen molar-refractivity contribution in [2.24, 2.45) is 0 Å². The molecule has 3 nitrogen and oxygen atoms in total. The summed E-state index contributed by atoms with van der Waals surface area (Å²) in [7, 11) is 0. The van der Waals surface area contributed by atoms with Crippen LogP contribution in [0, 0.1) is 0 Å². The van der Waals surface area contributed by atoms with Crippen LogP contribution in [0.5, 0.6) is 0 Å². The average Bonchev–Trinajstić information content (AvgIpc) is 2.72. The lowest BCUT2D eigenvalue weighted by Crippen LogP contribution is -2.38. The van der Waals surface area contributed by atoms with Gasteiger partial charge in [0.2, 0.25) is 0 Å². The molecule has 3 atom stereocenters. The molecule has 0 aliphatic rings. The van der Waals surface area contributed by atoms with Crippen LogP contribution in [-0.2, 0) is 0 Å². The van der Waals surface area contributed by atoms with Crippen LogP contribution >= 0.6 is 23.1 Å². The van der Waals surface area contributed by atoms with Gasteiger partial charge >= 0.3 is 0 Å². The predicted molar refractivity (Wildman–Crippen MR) is 67.5 cm³/mol. The number of hydrogen-bond donors (Lipinski definition) is 2. The number of thioether (sulfide) groups is 1. The first kappa shape index (κ1) is 13.0. The van der Waals surface area contributed by atoms with Crippen LogP contribution in [0.3, 0.4) is 0 Å². The number of aliphatic hydroxyl groups excluding tert-OH is 1. The van der Waals surface area contributed by atoms with Gasteiger partial charge in [0, 0.05) is 22.9 Å². The molecule has 0 aliphatic carbocycles. The molecule has 0 spiro atoms. The van der Waals surface area contributed by atoms with Crippen LogP contribution in [-0.4, -0.2) is 34.2 Å². The molecular weight excluding hydrogens is 228 g/mol. The summed E-state index contributed by atoms with van der Waals surface area (Å²) in [6, 6.07) is 0.532. The molecule has 0 amide bonds. The molecule has 15 heavy (non-hydrogen) atoms. The maximum atomic E-state index is 9.17. The monoisotopic (exact) mass is 246 g/mol. The van der Waals surface area contributed by atoms with E-state index in [0.717, 1.165) is 5.01 Å². The highest BCUT2D eigenvalue weighted by Gasteiger charge is 2.18. The van der Waals surface area contributed by atoms with E-state index in [1.165, 1.54) is 0 Å². The number of hydrogen-bond acceptors (Lipinski definition) is 5. The number of nitrogens with zero attached hydrogens (tertiary/aromatic N) is 1. The van der Waals surface area contributed by atoms with E-state index in [9.17, 15) is 0 Å².